The van der Waals surface area contributed by atoms with Gasteiger partial charge in [0.1, 0.15) is 16.3 Å². The Balaban J connectivity index is 0.000000840. The van der Waals surface area contributed by atoms with Gasteiger partial charge in [0.2, 0.25) is 11.9 Å². The first-order chi connectivity index (χ1) is 18.5. The summed E-state index contributed by atoms with van der Waals surface area (Å²) in [7, 11) is -8.51. The van der Waals surface area contributed by atoms with Gasteiger partial charge in [0.05, 0.1) is 12.4 Å². The number of carbonyl (C=O) groups excluding carboxylic acids is 1. The van der Waals surface area contributed by atoms with Crippen molar-refractivity contribution in [3.8, 4) is 5.75 Å². The first-order valence-electron chi connectivity index (χ1n) is 11.8. The summed E-state index contributed by atoms with van der Waals surface area (Å²) < 4.78 is 67.6. The molecule has 0 radical (unpaired) electrons. The third kappa shape index (κ3) is 10.3. The summed E-state index contributed by atoms with van der Waals surface area (Å²) in [5, 5.41) is 5.07. The first-order valence-corrected chi connectivity index (χ1v) is 14.8. The van der Waals surface area contributed by atoms with E-state index >= 15 is 0 Å². The van der Waals surface area contributed by atoms with E-state index in [1.165, 1.54) is 19.1 Å². The molecule has 0 atom stereocenters. The van der Waals surface area contributed by atoms with E-state index in [0.717, 1.165) is 17.8 Å². The van der Waals surface area contributed by atoms with Gasteiger partial charge in [0.25, 0.3) is 10.1 Å². The Bertz CT molecular complexity index is 1460. The van der Waals surface area contributed by atoms with Crippen LogP contribution in [0.1, 0.15) is 27.2 Å². The van der Waals surface area contributed by atoms with Crippen LogP contribution in [-0.2, 0) is 20.3 Å². The number of hydrogen-bond donors (Lipinski definition) is 5. The molecule has 1 aliphatic heterocycles. The van der Waals surface area contributed by atoms with Gasteiger partial charge in [-0.1, -0.05) is 6.07 Å². The van der Waals surface area contributed by atoms with E-state index in [1.54, 1.807) is 17.0 Å². The van der Waals surface area contributed by atoms with E-state index in [-0.39, 0.29) is 23.4 Å². The van der Waals surface area contributed by atoms with Crippen molar-refractivity contribution in [2.75, 3.05) is 29.1 Å². The molecule has 0 saturated carbocycles. The quantitative estimate of drug-likeness (QED) is 0.160. The zero-order chi connectivity index (χ0) is 30.1. The van der Waals surface area contributed by atoms with E-state index in [1.807, 2.05) is 26.0 Å². The Kier molecular flexibility index (Phi) is 10.8. The van der Waals surface area contributed by atoms with Crippen LogP contribution in [0.25, 0.3) is 0 Å². The van der Waals surface area contributed by atoms with Gasteiger partial charge >= 0.3 is 16.3 Å². The van der Waals surface area contributed by atoms with Crippen LogP contribution in [0.5, 0.6) is 5.75 Å². The smallest absolute Gasteiger partial charge is 0.332 e. The molecule has 1 aliphatic rings. The molecule has 0 aromatic heterocycles. The second-order valence-electron chi connectivity index (χ2n) is 8.68. The number of ether oxygens (including phenoxy) is 1. The van der Waals surface area contributed by atoms with Crippen molar-refractivity contribution >= 4 is 49.7 Å². The molecule has 2 amide bonds. The lowest BCUT2D eigenvalue weighted by molar-refractivity contribution is 0.250. The number of urea groups is 1. The highest BCUT2D eigenvalue weighted by Gasteiger charge is 2.32. The van der Waals surface area contributed by atoms with E-state index in [4.69, 9.17) is 20.8 Å². The number of nitrogens with two attached hydrogens (primary N) is 2. The van der Waals surface area contributed by atoms with Crippen LogP contribution in [-0.4, -0.2) is 63.9 Å². The number of carbonyl (C=O) groups is 1. The molecule has 0 fully saturated rings. The maximum atomic E-state index is 13.1. The number of amides is 2. The topological polar surface area (TPSA) is 219 Å². The number of benzene rings is 2. The van der Waals surface area contributed by atoms with Gasteiger partial charge in [-0.3, -0.25) is 9.45 Å². The Hall–Kier alpha value is -3.96. The van der Waals surface area contributed by atoms with Crippen molar-refractivity contribution in [2.45, 2.75) is 37.8 Å². The number of nitrogens with one attached hydrogen (secondary N) is 2. The number of aliphatic imine (C=N–C) groups is 2. The van der Waals surface area contributed by atoms with E-state index < -0.39 is 36.9 Å². The first kappa shape index (κ1) is 32.3. The molecule has 3 rings (SSSR count). The van der Waals surface area contributed by atoms with Crippen molar-refractivity contribution in [3.05, 3.63) is 48.5 Å². The Morgan fingerprint density at radius 2 is 1.75 bits per heavy atom. The molecule has 220 valence electrons. The number of rotatable bonds is 9. The molecule has 1 heterocycles. The monoisotopic (exact) mass is 601 g/mol. The number of hydrogen-bond acceptors (Lipinski definition) is 11. The summed E-state index contributed by atoms with van der Waals surface area (Å²) >= 11 is 0. The summed E-state index contributed by atoms with van der Waals surface area (Å²) in [6.07, 6.45) is 0.515. The highest BCUT2D eigenvalue weighted by atomic mass is 32.3. The van der Waals surface area contributed by atoms with Crippen molar-refractivity contribution in [1.29, 1.82) is 0 Å². The van der Waals surface area contributed by atoms with Crippen LogP contribution in [0.15, 0.2) is 63.4 Å². The van der Waals surface area contributed by atoms with Gasteiger partial charge in [-0.25, -0.2) is 9.79 Å². The van der Waals surface area contributed by atoms with Gasteiger partial charge in [-0.05, 0) is 69.7 Å². The molecular weight excluding hydrogens is 569 g/mol. The molecule has 2 aromatic rings. The van der Waals surface area contributed by atoms with Crippen molar-refractivity contribution in [2.24, 2.45) is 21.5 Å². The maximum Gasteiger partial charge on any atom is 0.332 e. The Morgan fingerprint density at radius 1 is 1.12 bits per heavy atom. The largest absolute Gasteiger partial charge is 0.494 e. The second-order valence-corrected chi connectivity index (χ2v) is 11.8. The van der Waals surface area contributed by atoms with Crippen molar-refractivity contribution < 1.29 is 34.8 Å². The third-order valence-electron chi connectivity index (χ3n) is 5.10. The van der Waals surface area contributed by atoms with Gasteiger partial charge in [-0.15, -0.1) is 3.89 Å². The number of anilines is 2. The number of guanidine groups is 2. The third-order valence-corrected chi connectivity index (χ3v) is 6.65. The van der Waals surface area contributed by atoms with Gasteiger partial charge in [0, 0.05) is 17.9 Å². The Morgan fingerprint density at radius 3 is 2.30 bits per heavy atom. The number of nitrogens with zero attached hydrogens (tertiary/aromatic N) is 3. The molecule has 0 unspecified atom stereocenters. The van der Waals surface area contributed by atoms with E-state index in [0.29, 0.717) is 25.3 Å². The van der Waals surface area contributed by atoms with Crippen LogP contribution in [0.4, 0.5) is 20.1 Å². The predicted octanol–water partition coefficient (Wildman–Crippen LogP) is 2.02. The summed E-state index contributed by atoms with van der Waals surface area (Å²) in [5.41, 5.74) is 12.0. The minimum atomic E-state index is -4.85. The van der Waals surface area contributed by atoms with Crippen LogP contribution in [0.2, 0.25) is 0 Å². The lowest BCUT2D eigenvalue weighted by Gasteiger charge is -2.38. The second kappa shape index (κ2) is 13.4. The lowest BCUT2D eigenvalue weighted by atomic mass is 10.1. The summed E-state index contributed by atoms with van der Waals surface area (Å²) in [6, 6.07) is 11.6. The van der Waals surface area contributed by atoms with Gasteiger partial charge < -0.3 is 26.8 Å². The predicted molar refractivity (Wildman–Crippen MR) is 150 cm³/mol. The molecular formula is C23H32FN7O7S2. The maximum absolute atomic E-state index is 13.1. The molecule has 0 aliphatic carbocycles. The van der Waals surface area contributed by atoms with Crippen molar-refractivity contribution in [1.82, 2.24) is 5.32 Å². The fourth-order valence-electron chi connectivity index (χ4n) is 3.31. The van der Waals surface area contributed by atoms with Gasteiger partial charge in [0.15, 0.2) is 0 Å². The van der Waals surface area contributed by atoms with Crippen molar-refractivity contribution in [3.63, 3.8) is 0 Å². The highest BCUT2D eigenvalue weighted by Crippen LogP contribution is 2.28. The molecule has 2 aromatic carbocycles. The summed E-state index contributed by atoms with van der Waals surface area (Å²) in [5.74, 6) is 0.800. The highest BCUT2D eigenvalue weighted by molar-refractivity contribution is 7.86. The summed E-state index contributed by atoms with van der Waals surface area (Å²) in [6.45, 7) is 5.76. The zero-order valence-corrected chi connectivity index (χ0v) is 23.7. The lowest BCUT2D eigenvalue weighted by Crippen LogP contribution is -2.54. The van der Waals surface area contributed by atoms with Crippen LogP contribution in [0, 0.1) is 0 Å². The van der Waals surface area contributed by atoms with Crippen LogP contribution < -0.4 is 31.7 Å². The molecule has 0 spiro atoms. The SMILES string of the molecule is CC1(C)N=C(N)N=C(N)N1c1ccc(OCCCNC(=O)Nc2cccc(S(=O)(=O)F)c2)cc1.CCS(=O)(=O)O. The van der Waals surface area contributed by atoms with E-state index in [2.05, 4.69) is 20.6 Å². The van der Waals surface area contributed by atoms with Gasteiger partial charge in [-0.2, -0.15) is 21.8 Å². The van der Waals surface area contributed by atoms with Crippen LogP contribution in [0.3, 0.4) is 0 Å². The van der Waals surface area contributed by atoms with E-state index in [9.17, 15) is 25.5 Å². The Labute approximate surface area is 232 Å². The molecule has 7 N–H and O–H groups in total. The normalized spacial score (nSPS) is 14.7. The minimum absolute atomic E-state index is 0.127. The minimum Gasteiger partial charge on any atom is -0.494 e. The molecule has 17 heteroatoms. The summed E-state index contributed by atoms with van der Waals surface area (Å²) in [4.78, 5) is 21.5. The van der Waals surface area contributed by atoms with Crippen LogP contribution >= 0.6 is 0 Å². The fraction of sp³-hybridized carbons (Fsp3) is 0.348. The molecule has 0 bridgehead atoms. The average Bonchev–Trinajstić information content (AvgIpc) is 2.83. The molecule has 40 heavy (non-hydrogen) atoms. The fourth-order valence-corrected chi connectivity index (χ4v) is 3.82. The number of halogens is 1. The zero-order valence-electron chi connectivity index (χ0n) is 22.0. The molecule has 14 nitrogen and oxygen atoms in total. The average molecular weight is 602 g/mol. The molecule has 0 saturated heterocycles. The standard InChI is InChI=1S/C21H26FN7O4S.C2H6O3S/c1-21(2)28-18(23)27-19(24)29(21)15-7-9-16(10-8-15)33-12-4-11-25-20(30)26-14-5-3-6-17(13-14)34(22,31)32;1-2-6(3,4)5/h3,5-10,13H,4,11-12H2,1-2H3,(H2,25,26,30)(H4,23,24,27,28);2H2,1H3,(H,3,4,5).